The SMILES string of the molecule is CC1OC(C)C(c2nnc(CCNC3CC3)o2)C1C. The van der Waals surface area contributed by atoms with E-state index < -0.39 is 0 Å². The number of aromatic nitrogens is 2. The molecule has 5 nitrogen and oxygen atoms in total. The molecule has 1 aromatic heterocycles. The van der Waals surface area contributed by atoms with Crippen molar-refractivity contribution in [3.8, 4) is 0 Å². The standard InChI is InChI=1S/C14H23N3O2/c1-8-9(2)18-10(3)13(8)14-17-16-12(19-14)6-7-15-11-4-5-11/h8-11,13,15H,4-7H2,1-3H3. The van der Waals surface area contributed by atoms with Gasteiger partial charge in [-0.15, -0.1) is 10.2 Å². The third-order valence-electron chi connectivity index (χ3n) is 4.36. The van der Waals surface area contributed by atoms with E-state index in [-0.39, 0.29) is 18.1 Å². The molecule has 2 heterocycles. The Morgan fingerprint density at radius 2 is 1.95 bits per heavy atom. The molecule has 0 spiro atoms. The topological polar surface area (TPSA) is 60.2 Å². The zero-order valence-corrected chi connectivity index (χ0v) is 11.9. The summed E-state index contributed by atoms with van der Waals surface area (Å²) in [6.45, 7) is 7.31. The fourth-order valence-electron chi connectivity index (χ4n) is 2.87. The largest absolute Gasteiger partial charge is 0.425 e. The summed E-state index contributed by atoms with van der Waals surface area (Å²) in [5.74, 6) is 2.13. The predicted molar refractivity (Wildman–Crippen MR) is 70.9 cm³/mol. The molecular weight excluding hydrogens is 242 g/mol. The highest BCUT2D eigenvalue weighted by atomic mass is 16.5. The first-order chi connectivity index (χ1) is 9.15. The highest BCUT2D eigenvalue weighted by Gasteiger charge is 2.41. The van der Waals surface area contributed by atoms with Crippen LogP contribution in [0.2, 0.25) is 0 Å². The second-order valence-electron chi connectivity index (χ2n) is 5.94. The van der Waals surface area contributed by atoms with Crippen LogP contribution in [-0.4, -0.2) is 35.0 Å². The first-order valence-corrected chi connectivity index (χ1v) is 7.36. The molecule has 1 saturated carbocycles. The molecule has 1 saturated heterocycles. The lowest BCUT2D eigenvalue weighted by molar-refractivity contribution is 0.0544. The molecule has 5 heteroatoms. The smallest absolute Gasteiger partial charge is 0.222 e. The van der Waals surface area contributed by atoms with Crippen LogP contribution in [0, 0.1) is 5.92 Å². The van der Waals surface area contributed by atoms with Gasteiger partial charge in [-0.3, -0.25) is 0 Å². The van der Waals surface area contributed by atoms with Crippen LogP contribution in [0.3, 0.4) is 0 Å². The van der Waals surface area contributed by atoms with Crippen molar-refractivity contribution in [2.24, 2.45) is 5.92 Å². The fraction of sp³-hybridized carbons (Fsp3) is 0.857. The Kier molecular flexibility index (Phi) is 3.58. The molecule has 106 valence electrons. The molecule has 0 bridgehead atoms. The maximum Gasteiger partial charge on any atom is 0.222 e. The average Bonchev–Trinajstić information content (AvgIpc) is 3.01. The Bertz CT molecular complexity index is 430. The summed E-state index contributed by atoms with van der Waals surface area (Å²) in [6.07, 6.45) is 3.84. The number of rotatable bonds is 5. The first kappa shape index (κ1) is 13.1. The Morgan fingerprint density at radius 3 is 2.58 bits per heavy atom. The molecule has 0 radical (unpaired) electrons. The highest BCUT2D eigenvalue weighted by molar-refractivity contribution is 5.02. The quantitative estimate of drug-likeness (QED) is 0.881. The second-order valence-corrected chi connectivity index (χ2v) is 5.94. The monoisotopic (exact) mass is 265 g/mol. The van der Waals surface area contributed by atoms with Crippen molar-refractivity contribution in [3.05, 3.63) is 11.8 Å². The summed E-state index contributed by atoms with van der Waals surface area (Å²) in [7, 11) is 0. The normalized spacial score (nSPS) is 34.9. The number of hydrogen-bond donors (Lipinski definition) is 1. The molecule has 0 aromatic carbocycles. The van der Waals surface area contributed by atoms with Crippen molar-refractivity contribution in [2.75, 3.05) is 6.54 Å². The summed E-state index contributed by atoms with van der Waals surface area (Å²) in [5, 5.41) is 11.8. The van der Waals surface area contributed by atoms with Crippen LogP contribution >= 0.6 is 0 Å². The van der Waals surface area contributed by atoms with Gasteiger partial charge in [0.15, 0.2) is 0 Å². The first-order valence-electron chi connectivity index (χ1n) is 7.36. The molecule has 1 N–H and O–H groups in total. The lowest BCUT2D eigenvalue weighted by atomic mass is 9.89. The molecular formula is C14H23N3O2. The second kappa shape index (κ2) is 5.21. The van der Waals surface area contributed by atoms with Crippen LogP contribution < -0.4 is 5.32 Å². The van der Waals surface area contributed by atoms with Crippen molar-refractivity contribution in [1.29, 1.82) is 0 Å². The highest BCUT2D eigenvalue weighted by Crippen LogP contribution is 2.39. The molecule has 1 aliphatic carbocycles. The summed E-state index contributed by atoms with van der Waals surface area (Å²) in [6, 6.07) is 0.728. The van der Waals surface area contributed by atoms with Crippen molar-refractivity contribution in [2.45, 2.75) is 64.2 Å². The van der Waals surface area contributed by atoms with Gasteiger partial charge in [0, 0.05) is 19.0 Å². The van der Waals surface area contributed by atoms with Crippen LogP contribution in [0.15, 0.2) is 4.42 Å². The molecule has 1 aliphatic heterocycles. The Balaban J connectivity index is 1.60. The fourth-order valence-corrected chi connectivity index (χ4v) is 2.87. The number of hydrogen-bond acceptors (Lipinski definition) is 5. The van der Waals surface area contributed by atoms with Crippen molar-refractivity contribution in [3.63, 3.8) is 0 Å². The van der Waals surface area contributed by atoms with Gasteiger partial charge in [-0.25, -0.2) is 0 Å². The number of ether oxygens (including phenoxy) is 1. The van der Waals surface area contributed by atoms with Gasteiger partial charge < -0.3 is 14.5 Å². The van der Waals surface area contributed by atoms with Crippen molar-refractivity contribution in [1.82, 2.24) is 15.5 Å². The van der Waals surface area contributed by atoms with E-state index in [2.05, 4.69) is 36.3 Å². The third-order valence-corrected chi connectivity index (χ3v) is 4.36. The lowest BCUT2D eigenvalue weighted by Crippen LogP contribution is -2.19. The van der Waals surface area contributed by atoms with Crippen LogP contribution in [0.5, 0.6) is 0 Å². The van der Waals surface area contributed by atoms with Crippen molar-refractivity contribution >= 4 is 0 Å². The van der Waals surface area contributed by atoms with E-state index in [0.29, 0.717) is 5.92 Å². The van der Waals surface area contributed by atoms with Crippen LogP contribution in [-0.2, 0) is 11.2 Å². The minimum absolute atomic E-state index is 0.155. The number of nitrogens with zero attached hydrogens (tertiary/aromatic N) is 2. The molecule has 0 amide bonds. The minimum atomic E-state index is 0.155. The van der Waals surface area contributed by atoms with Crippen LogP contribution in [0.1, 0.15) is 51.3 Å². The molecule has 1 aromatic rings. The molecule has 4 atom stereocenters. The van der Waals surface area contributed by atoms with Gasteiger partial charge in [0.2, 0.25) is 11.8 Å². The van der Waals surface area contributed by atoms with Crippen LogP contribution in [0.4, 0.5) is 0 Å². The average molecular weight is 265 g/mol. The number of nitrogens with one attached hydrogen (secondary N) is 1. The van der Waals surface area contributed by atoms with Gasteiger partial charge >= 0.3 is 0 Å². The molecule has 2 aliphatic rings. The summed E-state index contributed by atoms with van der Waals surface area (Å²) >= 11 is 0. The Morgan fingerprint density at radius 1 is 1.16 bits per heavy atom. The predicted octanol–water partition coefficient (Wildman–Crippen LogP) is 1.89. The zero-order valence-electron chi connectivity index (χ0n) is 11.9. The van der Waals surface area contributed by atoms with Gasteiger partial charge in [-0.1, -0.05) is 6.92 Å². The zero-order chi connectivity index (χ0) is 13.4. The summed E-state index contributed by atoms with van der Waals surface area (Å²) in [4.78, 5) is 0. The molecule has 3 rings (SSSR count). The maximum absolute atomic E-state index is 5.83. The van der Waals surface area contributed by atoms with Gasteiger partial charge in [-0.05, 0) is 32.6 Å². The van der Waals surface area contributed by atoms with Gasteiger partial charge in [-0.2, -0.15) is 0 Å². The molecule has 2 fully saturated rings. The summed E-state index contributed by atoms with van der Waals surface area (Å²) in [5.41, 5.74) is 0. The third kappa shape index (κ3) is 2.82. The minimum Gasteiger partial charge on any atom is -0.425 e. The van der Waals surface area contributed by atoms with Gasteiger partial charge in [0.25, 0.3) is 0 Å². The van der Waals surface area contributed by atoms with Crippen LogP contribution in [0.25, 0.3) is 0 Å². The van der Waals surface area contributed by atoms with E-state index in [9.17, 15) is 0 Å². The Labute approximate surface area is 114 Å². The van der Waals surface area contributed by atoms with E-state index in [1.165, 1.54) is 12.8 Å². The van der Waals surface area contributed by atoms with E-state index in [1.807, 2.05) is 0 Å². The Hall–Kier alpha value is -0.940. The lowest BCUT2D eigenvalue weighted by Gasteiger charge is -2.13. The van der Waals surface area contributed by atoms with Gasteiger partial charge in [0.05, 0.1) is 18.1 Å². The van der Waals surface area contributed by atoms with E-state index in [4.69, 9.17) is 9.15 Å². The molecule has 19 heavy (non-hydrogen) atoms. The molecule has 4 unspecified atom stereocenters. The van der Waals surface area contributed by atoms with E-state index in [1.54, 1.807) is 0 Å². The van der Waals surface area contributed by atoms with Crippen molar-refractivity contribution < 1.29 is 9.15 Å². The van der Waals surface area contributed by atoms with E-state index >= 15 is 0 Å². The summed E-state index contributed by atoms with van der Waals surface area (Å²) < 4.78 is 11.6. The maximum atomic E-state index is 5.83. The van der Waals surface area contributed by atoms with E-state index in [0.717, 1.165) is 30.8 Å². The van der Waals surface area contributed by atoms with Gasteiger partial charge in [0.1, 0.15) is 0 Å².